The van der Waals surface area contributed by atoms with E-state index in [1.165, 1.54) is 5.56 Å². The average Bonchev–Trinajstić information content (AvgIpc) is 3.09. The summed E-state index contributed by atoms with van der Waals surface area (Å²) >= 11 is 1.72. The normalized spacial score (nSPS) is 31.6. The minimum atomic E-state index is 0.221. The first-order valence-corrected chi connectivity index (χ1v) is 8.28. The number of hydrogen-bond acceptors (Lipinski definition) is 3. The van der Waals surface area contributed by atoms with E-state index in [0.29, 0.717) is 18.0 Å². The van der Waals surface area contributed by atoms with Gasteiger partial charge in [0.1, 0.15) is 0 Å². The van der Waals surface area contributed by atoms with E-state index >= 15 is 0 Å². The van der Waals surface area contributed by atoms with Crippen LogP contribution in [-0.4, -0.2) is 23.4 Å². The van der Waals surface area contributed by atoms with Crippen LogP contribution in [0.2, 0.25) is 0 Å². The Morgan fingerprint density at radius 3 is 2.74 bits per heavy atom. The standard InChI is InChI=1S/C15H22N2OS/c16-13-5-3-11(4-6-13)15(18)17-8-1-2-14(17)12-7-9-19-10-12/h7,9-11,13-14H,1-6,8,16H2. The summed E-state index contributed by atoms with van der Waals surface area (Å²) in [5.41, 5.74) is 7.25. The van der Waals surface area contributed by atoms with Crippen molar-refractivity contribution in [3.63, 3.8) is 0 Å². The van der Waals surface area contributed by atoms with Crippen LogP contribution in [0.15, 0.2) is 16.8 Å². The van der Waals surface area contributed by atoms with E-state index in [2.05, 4.69) is 21.7 Å². The topological polar surface area (TPSA) is 46.3 Å². The lowest BCUT2D eigenvalue weighted by atomic mass is 9.85. The van der Waals surface area contributed by atoms with Crippen LogP contribution in [0.4, 0.5) is 0 Å². The Hall–Kier alpha value is -0.870. The summed E-state index contributed by atoms with van der Waals surface area (Å²) in [6.45, 7) is 0.932. The number of likely N-dealkylation sites (tertiary alicyclic amines) is 1. The van der Waals surface area contributed by atoms with Gasteiger partial charge in [-0.2, -0.15) is 11.3 Å². The Morgan fingerprint density at radius 2 is 2.05 bits per heavy atom. The molecule has 1 amide bonds. The molecule has 0 spiro atoms. The number of rotatable bonds is 2. The SMILES string of the molecule is NC1CCC(C(=O)N2CCCC2c2ccsc2)CC1. The van der Waals surface area contributed by atoms with Gasteiger partial charge >= 0.3 is 0 Å². The Bertz CT molecular complexity index is 423. The molecule has 1 atom stereocenters. The first kappa shape index (κ1) is 13.1. The monoisotopic (exact) mass is 278 g/mol. The number of thiophene rings is 1. The van der Waals surface area contributed by atoms with Crippen molar-refractivity contribution in [3.05, 3.63) is 22.4 Å². The molecule has 1 aromatic heterocycles. The fraction of sp³-hybridized carbons (Fsp3) is 0.667. The molecule has 1 unspecified atom stereocenters. The van der Waals surface area contributed by atoms with Crippen molar-refractivity contribution in [2.24, 2.45) is 11.7 Å². The van der Waals surface area contributed by atoms with E-state index in [1.54, 1.807) is 11.3 Å². The number of amides is 1. The van der Waals surface area contributed by atoms with Gasteiger partial charge in [0.15, 0.2) is 0 Å². The van der Waals surface area contributed by atoms with Crippen molar-refractivity contribution in [3.8, 4) is 0 Å². The molecular formula is C15H22N2OS. The van der Waals surface area contributed by atoms with E-state index in [0.717, 1.165) is 45.1 Å². The van der Waals surface area contributed by atoms with Gasteiger partial charge in [-0.25, -0.2) is 0 Å². The molecule has 0 aromatic carbocycles. The highest BCUT2D eigenvalue weighted by molar-refractivity contribution is 7.07. The number of carbonyl (C=O) groups excluding carboxylic acids is 1. The minimum Gasteiger partial charge on any atom is -0.335 e. The molecular weight excluding hydrogens is 256 g/mol. The molecule has 0 bridgehead atoms. The van der Waals surface area contributed by atoms with Crippen LogP contribution >= 0.6 is 11.3 Å². The summed E-state index contributed by atoms with van der Waals surface area (Å²) in [6, 6.07) is 2.81. The molecule has 1 saturated carbocycles. The van der Waals surface area contributed by atoms with E-state index in [1.807, 2.05) is 0 Å². The third-order valence-electron chi connectivity index (χ3n) is 4.58. The molecule has 4 heteroatoms. The molecule has 1 saturated heterocycles. The van der Waals surface area contributed by atoms with Crippen molar-refractivity contribution in [1.29, 1.82) is 0 Å². The molecule has 2 heterocycles. The lowest BCUT2D eigenvalue weighted by Gasteiger charge is -2.32. The maximum absolute atomic E-state index is 12.7. The van der Waals surface area contributed by atoms with E-state index < -0.39 is 0 Å². The second-order valence-electron chi connectivity index (χ2n) is 5.86. The molecule has 1 aliphatic carbocycles. The number of carbonyl (C=O) groups is 1. The van der Waals surface area contributed by atoms with Gasteiger partial charge in [0.05, 0.1) is 6.04 Å². The van der Waals surface area contributed by atoms with Gasteiger partial charge in [-0.15, -0.1) is 0 Å². The van der Waals surface area contributed by atoms with Crippen molar-refractivity contribution in [2.45, 2.75) is 50.6 Å². The van der Waals surface area contributed by atoms with Crippen molar-refractivity contribution in [1.82, 2.24) is 4.90 Å². The highest BCUT2D eigenvalue weighted by atomic mass is 32.1. The van der Waals surface area contributed by atoms with E-state index in [-0.39, 0.29) is 5.92 Å². The maximum Gasteiger partial charge on any atom is 0.226 e. The van der Waals surface area contributed by atoms with Crippen LogP contribution in [0.3, 0.4) is 0 Å². The summed E-state index contributed by atoms with van der Waals surface area (Å²) in [4.78, 5) is 14.8. The van der Waals surface area contributed by atoms with Gasteiger partial charge in [0, 0.05) is 18.5 Å². The quantitative estimate of drug-likeness (QED) is 0.904. The second kappa shape index (κ2) is 5.63. The van der Waals surface area contributed by atoms with Crippen molar-refractivity contribution < 1.29 is 4.79 Å². The van der Waals surface area contributed by atoms with Crippen LogP contribution in [-0.2, 0) is 4.79 Å². The van der Waals surface area contributed by atoms with Gasteiger partial charge in [0.25, 0.3) is 0 Å². The predicted octanol–water partition coefficient (Wildman–Crippen LogP) is 2.93. The highest BCUT2D eigenvalue weighted by Gasteiger charge is 2.35. The van der Waals surface area contributed by atoms with Gasteiger partial charge in [-0.1, -0.05) is 0 Å². The highest BCUT2D eigenvalue weighted by Crippen LogP contribution is 2.36. The third-order valence-corrected chi connectivity index (χ3v) is 5.29. The largest absolute Gasteiger partial charge is 0.335 e. The summed E-state index contributed by atoms with van der Waals surface area (Å²) in [7, 11) is 0. The minimum absolute atomic E-state index is 0.221. The van der Waals surface area contributed by atoms with Crippen LogP contribution in [0.5, 0.6) is 0 Å². The summed E-state index contributed by atoms with van der Waals surface area (Å²) in [5.74, 6) is 0.597. The molecule has 3 rings (SSSR count). The zero-order chi connectivity index (χ0) is 13.2. The third kappa shape index (κ3) is 2.70. The summed E-state index contributed by atoms with van der Waals surface area (Å²) in [6.07, 6.45) is 6.23. The first-order chi connectivity index (χ1) is 9.25. The number of nitrogens with zero attached hydrogens (tertiary/aromatic N) is 1. The Morgan fingerprint density at radius 1 is 1.26 bits per heavy atom. The van der Waals surface area contributed by atoms with Crippen LogP contribution in [0.1, 0.15) is 50.1 Å². The van der Waals surface area contributed by atoms with Crippen LogP contribution in [0.25, 0.3) is 0 Å². The Balaban J connectivity index is 1.69. The second-order valence-corrected chi connectivity index (χ2v) is 6.64. The molecule has 1 aromatic rings. The molecule has 2 N–H and O–H groups in total. The lowest BCUT2D eigenvalue weighted by molar-refractivity contribution is -0.137. The zero-order valence-corrected chi connectivity index (χ0v) is 12.1. The first-order valence-electron chi connectivity index (χ1n) is 7.34. The van der Waals surface area contributed by atoms with E-state index in [4.69, 9.17) is 5.73 Å². The molecule has 1 aliphatic heterocycles. The number of hydrogen-bond donors (Lipinski definition) is 1. The van der Waals surface area contributed by atoms with Gasteiger partial charge in [0.2, 0.25) is 5.91 Å². The summed E-state index contributed by atoms with van der Waals surface area (Å²) < 4.78 is 0. The lowest BCUT2D eigenvalue weighted by Crippen LogP contribution is -2.39. The smallest absolute Gasteiger partial charge is 0.226 e. The number of nitrogens with two attached hydrogens (primary N) is 1. The Kier molecular flexibility index (Phi) is 3.89. The predicted molar refractivity (Wildman–Crippen MR) is 77.9 cm³/mol. The molecule has 3 nitrogen and oxygen atoms in total. The van der Waals surface area contributed by atoms with Crippen LogP contribution < -0.4 is 5.73 Å². The van der Waals surface area contributed by atoms with Gasteiger partial charge < -0.3 is 10.6 Å². The molecule has 0 radical (unpaired) electrons. The molecule has 2 fully saturated rings. The van der Waals surface area contributed by atoms with Crippen molar-refractivity contribution in [2.75, 3.05) is 6.54 Å². The van der Waals surface area contributed by atoms with E-state index in [9.17, 15) is 4.79 Å². The zero-order valence-electron chi connectivity index (χ0n) is 11.3. The molecule has 19 heavy (non-hydrogen) atoms. The maximum atomic E-state index is 12.7. The average molecular weight is 278 g/mol. The summed E-state index contributed by atoms with van der Waals surface area (Å²) in [5, 5.41) is 4.29. The van der Waals surface area contributed by atoms with Crippen molar-refractivity contribution >= 4 is 17.2 Å². The van der Waals surface area contributed by atoms with Gasteiger partial charge in [-0.3, -0.25) is 4.79 Å². The fourth-order valence-electron chi connectivity index (χ4n) is 3.44. The Labute approximate surface area is 118 Å². The molecule has 2 aliphatic rings. The van der Waals surface area contributed by atoms with Crippen LogP contribution in [0, 0.1) is 5.92 Å². The molecule has 104 valence electrons. The fourth-order valence-corrected chi connectivity index (χ4v) is 4.15. The van der Waals surface area contributed by atoms with Gasteiger partial charge in [-0.05, 0) is 60.9 Å².